The first-order valence-corrected chi connectivity index (χ1v) is 7.35. The number of hydrogen-bond donors (Lipinski definition) is 1. The Morgan fingerprint density at radius 1 is 1.19 bits per heavy atom. The molecule has 0 atom stereocenters. The second kappa shape index (κ2) is 5.91. The van der Waals surface area contributed by atoms with Crippen molar-refractivity contribution in [2.24, 2.45) is 0 Å². The van der Waals surface area contributed by atoms with Gasteiger partial charge in [0, 0.05) is 39.3 Å². The number of para-hydroxylation sites is 1. The van der Waals surface area contributed by atoms with Crippen LogP contribution in [-0.2, 0) is 6.54 Å². The van der Waals surface area contributed by atoms with Gasteiger partial charge in [-0.05, 0) is 19.2 Å². The zero-order chi connectivity index (χ0) is 14.8. The molecule has 0 radical (unpaired) electrons. The minimum absolute atomic E-state index is 0.0661. The topological polar surface area (TPSA) is 53.5 Å². The fourth-order valence-electron chi connectivity index (χ4n) is 2.88. The normalized spacial score (nSPS) is 17.4. The van der Waals surface area contributed by atoms with Crippen LogP contribution in [0.2, 0.25) is 0 Å². The molecule has 1 aliphatic heterocycles. The first-order valence-electron chi connectivity index (χ1n) is 7.35. The van der Waals surface area contributed by atoms with Crippen LogP contribution in [-0.4, -0.2) is 66.2 Å². The predicted molar refractivity (Wildman–Crippen MR) is 83.0 cm³/mol. The standard InChI is InChI=1S/C15H22N4O2/c1-17-6-8-18(9-7-17)10-11-19-14-12(16-15(19)20)4-3-5-13(14)21-2/h3-5H,6-11H2,1-2H3,(H,16,20). The molecule has 1 N–H and O–H groups in total. The van der Waals surface area contributed by atoms with E-state index < -0.39 is 0 Å². The van der Waals surface area contributed by atoms with E-state index in [1.165, 1.54) is 0 Å². The average molecular weight is 290 g/mol. The van der Waals surface area contributed by atoms with E-state index in [0.717, 1.165) is 49.5 Å². The lowest BCUT2D eigenvalue weighted by molar-refractivity contribution is 0.150. The van der Waals surface area contributed by atoms with Crippen molar-refractivity contribution >= 4 is 11.0 Å². The third-order valence-corrected chi connectivity index (χ3v) is 4.21. The molecule has 1 aromatic carbocycles. The molecule has 0 unspecified atom stereocenters. The molecule has 0 bridgehead atoms. The zero-order valence-electron chi connectivity index (χ0n) is 12.6. The van der Waals surface area contributed by atoms with Gasteiger partial charge in [-0.2, -0.15) is 0 Å². The molecule has 0 amide bonds. The lowest BCUT2D eigenvalue weighted by atomic mass is 10.3. The molecule has 21 heavy (non-hydrogen) atoms. The van der Waals surface area contributed by atoms with Crippen molar-refractivity contribution in [1.29, 1.82) is 0 Å². The van der Waals surface area contributed by atoms with Gasteiger partial charge >= 0.3 is 5.69 Å². The van der Waals surface area contributed by atoms with Gasteiger partial charge in [0.05, 0.1) is 12.6 Å². The van der Waals surface area contributed by atoms with Crippen LogP contribution in [0.3, 0.4) is 0 Å². The van der Waals surface area contributed by atoms with Crippen molar-refractivity contribution in [1.82, 2.24) is 19.4 Å². The van der Waals surface area contributed by atoms with Crippen LogP contribution in [0.4, 0.5) is 0 Å². The summed E-state index contributed by atoms with van der Waals surface area (Å²) in [4.78, 5) is 19.8. The number of aromatic amines is 1. The van der Waals surface area contributed by atoms with Gasteiger partial charge in [0.2, 0.25) is 0 Å². The van der Waals surface area contributed by atoms with E-state index in [9.17, 15) is 4.79 Å². The molecule has 1 aliphatic rings. The minimum atomic E-state index is -0.0661. The molecular weight excluding hydrogens is 268 g/mol. The number of H-pyrrole nitrogens is 1. The highest BCUT2D eigenvalue weighted by Crippen LogP contribution is 2.22. The molecule has 114 valence electrons. The SMILES string of the molecule is COc1cccc2[nH]c(=O)n(CCN3CCN(C)CC3)c12. The molecule has 2 heterocycles. The third kappa shape index (κ3) is 2.82. The Morgan fingerprint density at radius 2 is 1.95 bits per heavy atom. The Balaban J connectivity index is 1.80. The Labute approximate surface area is 123 Å². The molecule has 3 rings (SSSR count). The zero-order valence-corrected chi connectivity index (χ0v) is 12.6. The summed E-state index contributed by atoms with van der Waals surface area (Å²) >= 11 is 0. The van der Waals surface area contributed by atoms with Crippen molar-refractivity contribution in [3.05, 3.63) is 28.7 Å². The average Bonchev–Trinajstić information content (AvgIpc) is 2.82. The lowest BCUT2D eigenvalue weighted by Gasteiger charge is -2.32. The number of piperazine rings is 1. The number of benzene rings is 1. The van der Waals surface area contributed by atoms with Crippen molar-refractivity contribution in [3.8, 4) is 5.75 Å². The monoisotopic (exact) mass is 290 g/mol. The van der Waals surface area contributed by atoms with Crippen LogP contribution in [0.15, 0.2) is 23.0 Å². The molecular formula is C15H22N4O2. The summed E-state index contributed by atoms with van der Waals surface area (Å²) in [5.41, 5.74) is 1.63. The number of fused-ring (bicyclic) bond motifs is 1. The molecule has 6 heteroatoms. The molecule has 2 aromatic rings. The van der Waals surface area contributed by atoms with E-state index in [0.29, 0.717) is 6.54 Å². The van der Waals surface area contributed by atoms with Gasteiger partial charge in [0.25, 0.3) is 0 Å². The van der Waals surface area contributed by atoms with Crippen LogP contribution >= 0.6 is 0 Å². The summed E-state index contributed by atoms with van der Waals surface area (Å²) in [5.74, 6) is 0.740. The number of nitrogens with one attached hydrogen (secondary N) is 1. The number of hydrogen-bond acceptors (Lipinski definition) is 4. The van der Waals surface area contributed by atoms with Gasteiger partial charge < -0.3 is 14.6 Å². The van der Waals surface area contributed by atoms with Crippen molar-refractivity contribution in [2.75, 3.05) is 46.9 Å². The Bertz CT molecular complexity index is 668. The molecule has 6 nitrogen and oxygen atoms in total. The maximum absolute atomic E-state index is 12.2. The van der Waals surface area contributed by atoms with E-state index in [1.54, 1.807) is 11.7 Å². The highest BCUT2D eigenvalue weighted by Gasteiger charge is 2.16. The van der Waals surface area contributed by atoms with E-state index in [-0.39, 0.29) is 5.69 Å². The van der Waals surface area contributed by atoms with Crippen LogP contribution in [0.5, 0.6) is 5.75 Å². The Morgan fingerprint density at radius 3 is 2.67 bits per heavy atom. The van der Waals surface area contributed by atoms with Gasteiger partial charge in [0.15, 0.2) is 0 Å². The van der Waals surface area contributed by atoms with E-state index >= 15 is 0 Å². The highest BCUT2D eigenvalue weighted by molar-refractivity contribution is 5.81. The Kier molecular flexibility index (Phi) is 3.98. The van der Waals surface area contributed by atoms with Gasteiger partial charge in [-0.25, -0.2) is 4.79 Å². The summed E-state index contributed by atoms with van der Waals surface area (Å²) in [6, 6.07) is 5.69. The fourth-order valence-corrected chi connectivity index (χ4v) is 2.88. The second-order valence-corrected chi connectivity index (χ2v) is 5.58. The molecule has 0 saturated carbocycles. The van der Waals surface area contributed by atoms with Crippen LogP contribution in [0, 0.1) is 0 Å². The predicted octanol–water partition coefficient (Wildman–Crippen LogP) is 0.586. The fraction of sp³-hybridized carbons (Fsp3) is 0.533. The third-order valence-electron chi connectivity index (χ3n) is 4.21. The second-order valence-electron chi connectivity index (χ2n) is 5.58. The lowest BCUT2D eigenvalue weighted by Crippen LogP contribution is -2.45. The largest absolute Gasteiger partial charge is 0.494 e. The number of rotatable bonds is 4. The maximum Gasteiger partial charge on any atom is 0.326 e. The number of ether oxygens (including phenoxy) is 1. The molecule has 1 saturated heterocycles. The van der Waals surface area contributed by atoms with Gasteiger partial charge in [-0.3, -0.25) is 9.47 Å². The van der Waals surface area contributed by atoms with Crippen molar-refractivity contribution in [2.45, 2.75) is 6.54 Å². The van der Waals surface area contributed by atoms with Gasteiger partial charge in [-0.15, -0.1) is 0 Å². The van der Waals surface area contributed by atoms with Crippen molar-refractivity contribution in [3.63, 3.8) is 0 Å². The summed E-state index contributed by atoms with van der Waals surface area (Å²) < 4.78 is 7.17. The smallest absolute Gasteiger partial charge is 0.326 e. The summed E-state index contributed by atoms with van der Waals surface area (Å²) in [6.45, 7) is 5.87. The highest BCUT2D eigenvalue weighted by atomic mass is 16.5. The first-order chi connectivity index (χ1) is 10.2. The Hall–Kier alpha value is -1.79. The maximum atomic E-state index is 12.2. The number of aromatic nitrogens is 2. The molecule has 0 spiro atoms. The minimum Gasteiger partial charge on any atom is -0.494 e. The van der Waals surface area contributed by atoms with Gasteiger partial charge in [-0.1, -0.05) is 6.07 Å². The first kappa shape index (κ1) is 14.2. The van der Waals surface area contributed by atoms with E-state index in [1.807, 2.05) is 18.2 Å². The number of imidazole rings is 1. The summed E-state index contributed by atoms with van der Waals surface area (Å²) in [6.07, 6.45) is 0. The quantitative estimate of drug-likeness (QED) is 0.895. The molecule has 0 aliphatic carbocycles. The molecule has 1 fully saturated rings. The van der Waals surface area contributed by atoms with Crippen LogP contribution < -0.4 is 10.4 Å². The van der Waals surface area contributed by atoms with Crippen LogP contribution in [0.25, 0.3) is 11.0 Å². The van der Waals surface area contributed by atoms with Crippen molar-refractivity contribution < 1.29 is 4.74 Å². The molecule has 1 aromatic heterocycles. The van der Waals surface area contributed by atoms with E-state index in [4.69, 9.17) is 4.74 Å². The van der Waals surface area contributed by atoms with Crippen LogP contribution in [0.1, 0.15) is 0 Å². The summed E-state index contributed by atoms with van der Waals surface area (Å²) in [7, 11) is 3.78. The number of nitrogens with zero attached hydrogens (tertiary/aromatic N) is 3. The van der Waals surface area contributed by atoms with E-state index in [2.05, 4.69) is 21.8 Å². The summed E-state index contributed by atoms with van der Waals surface area (Å²) in [5, 5.41) is 0. The van der Waals surface area contributed by atoms with Gasteiger partial charge in [0.1, 0.15) is 11.3 Å². The number of likely N-dealkylation sites (N-methyl/N-ethyl adjacent to an activating group) is 1. The number of methoxy groups -OCH3 is 1.